The Balaban J connectivity index is 1.96. The summed E-state index contributed by atoms with van der Waals surface area (Å²) in [7, 11) is -1.38. The third-order valence-electron chi connectivity index (χ3n) is 8.46. The number of benzene rings is 2. The van der Waals surface area contributed by atoms with E-state index in [4.69, 9.17) is 4.74 Å². The number of aromatic nitrogens is 1. The summed E-state index contributed by atoms with van der Waals surface area (Å²) in [5.74, 6) is -2.58. The first-order chi connectivity index (χ1) is 22.1. The number of hydrogen-bond acceptors (Lipinski definition) is 4. The Morgan fingerprint density at radius 2 is 1.74 bits per heavy atom. The van der Waals surface area contributed by atoms with Crippen molar-refractivity contribution in [1.82, 2.24) is 14.8 Å². The SMILES string of the molecule is CC[Si](C)(C)CCOC(=O)NCCCN(C(=O)CCC(=O)O)[C@@H](c1cc(-c2cc(F)ccc2F)cn1Cc1ccccc1)C(C)(C)C. The van der Waals surface area contributed by atoms with Crippen LogP contribution in [0.25, 0.3) is 11.1 Å². The van der Waals surface area contributed by atoms with Crippen LogP contribution in [0.4, 0.5) is 13.6 Å². The minimum Gasteiger partial charge on any atom is -0.481 e. The summed E-state index contributed by atoms with van der Waals surface area (Å²) in [5, 5.41) is 12.1. The second kappa shape index (κ2) is 16.7. The highest BCUT2D eigenvalue weighted by atomic mass is 28.3. The lowest BCUT2D eigenvalue weighted by Crippen LogP contribution is -2.43. The van der Waals surface area contributed by atoms with Gasteiger partial charge in [-0.05, 0) is 47.7 Å². The average Bonchev–Trinajstić information content (AvgIpc) is 3.40. The lowest BCUT2D eigenvalue weighted by atomic mass is 9.82. The zero-order valence-corrected chi connectivity index (χ0v) is 29.4. The third-order valence-corrected chi connectivity index (χ3v) is 11.9. The molecule has 0 fully saturated rings. The average molecular weight is 670 g/mol. The smallest absolute Gasteiger partial charge is 0.407 e. The molecule has 0 spiro atoms. The van der Waals surface area contributed by atoms with Gasteiger partial charge in [-0.25, -0.2) is 13.6 Å². The van der Waals surface area contributed by atoms with E-state index >= 15 is 4.39 Å². The van der Waals surface area contributed by atoms with E-state index in [0.29, 0.717) is 30.8 Å². The second-order valence-electron chi connectivity index (χ2n) is 13.8. The molecule has 0 saturated carbocycles. The van der Waals surface area contributed by atoms with Crippen LogP contribution in [-0.4, -0.2) is 60.3 Å². The molecule has 1 atom stereocenters. The van der Waals surface area contributed by atoms with Crippen LogP contribution < -0.4 is 5.32 Å². The number of hydrogen-bond donors (Lipinski definition) is 2. The van der Waals surface area contributed by atoms with Gasteiger partial charge in [0.25, 0.3) is 0 Å². The summed E-state index contributed by atoms with van der Waals surface area (Å²) < 4.78 is 36.6. The molecule has 0 aliphatic heterocycles. The van der Waals surface area contributed by atoms with Gasteiger partial charge in [0.2, 0.25) is 5.91 Å². The van der Waals surface area contributed by atoms with Crippen molar-refractivity contribution in [3.63, 3.8) is 0 Å². The molecule has 256 valence electrons. The van der Waals surface area contributed by atoms with Crippen LogP contribution in [0.1, 0.15) is 64.3 Å². The summed E-state index contributed by atoms with van der Waals surface area (Å²) in [6, 6.07) is 16.2. The monoisotopic (exact) mass is 669 g/mol. The fraction of sp³-hybridized carbons (Fsp3) is 0.472. The lowest BCUT2D eigenvalue weighted by molar-refractivity contribution is -0.143. The number of carbonyl (C=O) groups is 3. The van der Waals surface area contributed by atoms with E-state index in [1.165, 1.54) is 0 Å². The Morgan fingerprint density at radius 1 is 1.04 bits per heavy atom. The summed E-state index contributed by atoms with van der Waals surface area (Å²) >= 11 is 0. The normalized spacial score (nSPS) is 12.4. The number of carbonyl (C=O) groups excluding carboxylic acids is 2. The van der Waals surface area contributed by atoms with Gasteiger partial charge in [0.05, 0.1) is 27.1 Å². The number of rotatable bonds is 16. The van der Waals surface area contributed by atoms with E-state index in [9.17, 15) is 23.9 Å². The molecule has 0 unspecified atom stereocenters. The predicted octanol–water partition coefficient (Wildman–Crippen LogP) is 8.11. The van der Waals surface area contributed by atoms with Gasteiger partial charge in [0.1, 0.15) is 11.6 Å². The fourth-order valence-electron chi connectivity index (χ4n) is 5.45. The molecule has 0 radical (unpaired) electrons. The van der Waals surface area contributed by atoms with Gasteiger partial charge in [0, 0.05) is 49.1 Å². The molecule has 2 N–H and O–H groups in total. The van der Waals surface area contributed by atoms with E-state index in [1.807, 2.05) is 55.7 Å². The first-order valence-electron chi connectivity index (χ1n) is 16.2. The van der Waals surface area contributed by atoms with Crippen LogP contribution in [0.5, 0.6) is 0 Å². The molecule has 3 aromatic rings. The van der Waals surface area contributed by atoms with Crippen LogP contribution in [0.3, 0.4) is 0 Å². The molecular formula is C36H49F2N3O5Si. The first-order valence-corrected chi connectivity index (χ1v) is 19.6. The molecule has 0 aliphatic carbocycles. The van der Waals surface area contributed by atoms with E-state index < -0.39 is 43.2 Å². The van der Waals surface area contributed by atoms with Crippen molar-refractivity contribution in [3.05, 3.63) is 83.7 Å². The first kappa shape index (κ1) is 37.5. The molecule has 8 nitrogen and oxygen atoms in total. The fourth-order valence-corrected chi connectivity index (χ4v) is 6.46. The maximum Gasteiger partial charge on any atom is 0.407 e. The van der Waals surface area contributed by atoms with Crippen molar-refractivity contribution in [2.45, 2.75) is 84.7 Å². The zero-order chi connectivity index (χ0) is 34.8. The minimum atomic E-state index is -1.38. The van der Waals surface area contributed by atoms with E-state index in [-0.39, 0.29) is 37.4 Å². The minimum absolute atomic E-state index is 0.0992. The van der Waals surface area contributed by atoms with Crippen LogP contribution in [0, 0.1) is 17.0 Å². The Morgan fingerprint density at radius 3 is 2.38 bits per heavy atom. The Hall–Kier alpha value is -3.99. The van der Waals surface area contributed by atoms with Crippen molar-refractivity contribution in [1.29, 1.82) is 0 Å². The molecule has 1 heterocycles. The lowest BCUT2D eigenvalue weighted by Gasteiger charge is -2.41. The van der Waals surface area contributed by atoms with Crippen molar-refractivity contribution < 1.29 is 33.0 Å². The molecular weight excluding hydrogens is 620 g/mol. The molecule has 11 heteroatoms. The molecule has 2 amide bonds. The maximum absolute atomic E-state index is 15.0. The van der Waals surface area contributed by atoms with Gasteiger partial charge in [-0.3, -0.25) is 9.59 Å². The number of amides is 2. The standard InChI is InChI=1S/C36H49F2N3O5Si/c1-7-47(5,6)21-20-46-35(45)39-18-11-19-41(32(42)16-17-33(43)44)34(36(2,3)4)31-22-27(29-23-28(37)14-15-30(29)38)25-40(31)24-26-12-9-8-10-13-26/h8-10,12-15,22-23,25,34H,7,11,16-21,24H2,1-6H3,(H,39,45)(H,43,44)/t34-/m0/s1. The summed E-state index contributed by atoms with van der Waals surface area (Å²) in [6.07, 6.45) is 1.10. The summed E-state index contributed by atoms with van der Waals surface area (Å²) in [6.45, 7) is 13.8. The Bertz CT molecular complexity index is 1500. The van der Waals surface area contributed by atoms with Crippen LogP contribution in [0.2, 0.25) is 25.2 Å². The Kier molecular flexibility index (Phi) is 13.3. The molecule has 3 rings (SSSR count). The highest BCUT2D eigenvalue weighted by molar-refractivity contribution is 6.77. The van der Waals surface area contributed by atoms with Gasteiger partial charge in [-0.2, -0.15) is 0 Å². The van der Waals surface area contributed by atoms with E-state index in [0.717, 1.165) is 35.9 Å². The highest BCUT2D eigenvalue weighted by Gasteiger charge is 2.37. The predicted molar refractivity (Wildman–Crippen MR) is 183 cm³/mol. The maximum atomic E-state index is 15.0. The summed E-state index contributed by atoms with van der Waals surface area (Å²) in [4.78, 5) is 39.3. The topological polar surface area (TPSA) is 101 Å². The van der Waals surface area contributed by atoms with Gasteiger partial charge in [-0.15, -0.1) is 0 Å². The van der Waals surface area contributed by atoms with Crippen LogP contribution in [0.15, 0.2) is 60.8 Å². The Labute approximate surface area is 278 Å². The van der Waals surface area contributed by atoms with E-state index in [2.05, 4.69) is 25.3 Å². The van der Waals surface area contributed by atoms with Crippen molar-refractivity contribution in [3.8, 4) is 11.1 Å². The second-order valence-corrected chi connectivity index (χ2v) is 19.4. The zero-order valence-electron chi connectivity index (χ0n) is 28.4. The number of ether oxygens (including phenoxy) is 1. The van der Waals surface area contributed by atoms with Gasteiger partial charge >= 0.3 is 12.1 Å². The van der Waals surface area contributed by atoms with Gasteiger partial charge in [0.15, 0.2) is 0 Å². The number of nitrogens with zero attached hydrogens (tertiary/aromatic N) is 2. The number of halogens is 2. The molecule has 2 aromatic carbocycles. The number of carboxylic acids is 1. The van der Waals surface area contributed by atoms with Crippen LogP contribution >= 0.6 is 0 Å². The van der Waals surface area contributed by atoms with Gasteiger partial charge in [-0.1, -0.05) is 77.2 Å². The number of nitrogens with one attached hydrogen (secondary N) is 1. The molecule has 47 heavy (non-hydrogen) atoms. The largest absolute Gasteiger partial charge is 0.481 e. The number of carboxylic acid groups (broad SMARTS) is 1. The van der Waals surface area contributed by atoms with Crippen LogP contribution in [-0.2, 0) is 20.9 Å². The third kappa shape index (κ3) is 11.3. The van der Waals surface area contributed by atoms with E-state index in [1.54, 1.807) is 17.2 Å². The quantitative estimate of drug-likeness (QED) is 0.119. The highest BCUT2D eigenvalue weighted by Crippen LogP contribution is 2.41. The van der Waals surface area contributed by atoms with Gasteiger partial charge < -0.3 is 24.6 Å². The van der Waals surface area contributed by atoms with Crippen molar-refractivity contribution in [2.24, 2.45) is 5.41 Å². The van der Waals surface area contributed by atoms with Crippen molar-refractivity contribution >= 4 is 26.0 Å². The van der Waals surface area contributed by atoms with Crippen molar-refractivity contribution in [2.75, 3.05) is 19.7 Å². The molecule has 0 saturated heterocycles. The molecule has 1 aromatic heterocycles. The number of aliphatic carboxylic acids is 1. The molecule has 0 bridgehead atoms. The summed E-state index contributed by atoms with van der Waals surface area (Å²) in [5.41, 5.74) is 1.66. The number of alkyl carbamates (subject to hydrolysis) is 1. The molecule has 0 aliphatic rings.